The molecular weight excluding hydrogens is 266 g/mol. The number of nitrogens with zero attached hydrogens (tertiary/aromatic N) is 3. The van der Waals surface area contributed by atoms with Gasteiger partial charge >= 0.3 is 0 Å². The van der Waals surface area contributed by atoms with Crippen molar-refractivity contribution in [3.8, 4) is 0 Å². The van der Waals surface area contributed by atoms with Crippen LogP contribution in [0.3, 0.4) is 0 Å². The molecular formula is C16H21N3O2. The zero-order valence-electron chi connectivity index (χ0n) is 12.6. The monoisotopic (exact) mass is 287 g/mol. The van der Waals surface area contributed by atoms with Gasteiger partial charge in [-0.15, -0.1) is 0 Å². The minimum atomic E-state index is -0.314. The normalized spacial score (nSPS) is 17.4. The van der Waals surface area contributed by atoms with Gasteiger partial charge in [0.2, 0.25) is 0 Å². The van der Waals surface area contributed by atoms with Crippen LogP contribution < -0.4 is 0 Å². The first-order chi connectivity index (χ1) is 10.1. The molecule has 0 saturated carbocycles. The van der Waals surface area contributed by atoms with Crippen LogP contribution in [-0.2, 0) is 0 Å². The fourth-order valence-corrected chi connectivity index (χ4v) is 3.34. The lowest BCUT2D eigenvalue weighted by molar-refractivity contribution is -0.384. The number of hydrogen-bond acceptors (Lipinski definition) is 3. The van der Waals surface area contributed by atoms with E-state index in [0.717, 1.165) is 43.4 Å². The van der Waals surface area contributed by atoms with E-state index in [0.29, 0.717) is 6.04 Å². The summed E-state index contributed by atoms with van der Waals surface area (Å²) >= 11 is 0. The number of likely N-dealkylation sites (tertiary alicyclic amines) is 1. The average molecular weight is 287 g/mol. The fraction of sp³-hybridized carbons (Fsp3) is 0.500. The van der Waals surface area contributed by atoms with E-state index in [1.54, 1.807) is 12.1 Å². The summed E-state index contributed by atoms with van der Waals surface area (Å²) in [6.07, 6.45) is 4.38. The van der Waals surface area contributed by atoms with Crippen molar-refractivity contribution in [2.75, 3.05) is 19.6 Å². The predicted octanol–water partition coefficient (Wildman–Crippen LogP) is 3.51. The van der Waals surface area contributed by atoms with Crippen molar-refractivity contribution in [1.29, 1.82) is 0 Å². The van der Waals surface area contributed by atoms with Gasteiger partial charge in [0.25, 0.3) is 5.69 Å². The fourth-order valence-electron chi connectivity index (χ4n) is 3.34. The van der Waals surface area contributed by atoms with Crippen LogP contribution in [0.4, 0.5) is 5.69 Å². The molecule has 0 aliphatic carbocycles. The van der Waals surface area contributed by atoms with Gasteiger partial charge in [0.15, 0.2) is 0 Å². The summed E-state index contributed by atoms with van der Waals surface area (Å²) in [5.41, 5.74) is 2.36. The van der Waals surface area contributed by atoms with Crippen LogP contribution in [0.1, 0.15) is 31.4 Å². The Morgan fingerprint density at radius 3 is 2.67 bits per heavy atom. The lowest BCUT2D eigenvalue weighted by Crippen LogP contribution is -2.34. The Balaban J connectivity index is 1.98. The number of nitro benzene ring substituents is 1. The molecule has 1 aliphatic heterocycles. The molecule has 0 atom stereocenters. The SMILES string of the molecule is CCN1CCC(n2cc(C)c3ccc([N+](=O)[O-])cc32)CC1. The Labute approximate surface area is 124 Å². The Kier molecular flexibility index (Phi) is 3.68. The quantitative estimate of drug-likeness (QED) is 0.641. The molecule has 1 saturated heterocycles. The van der Waals surface area contributed by atoms with E-state index in [1.807, 2.05) is 6.07 Å². The number of piperidine rings is 1. The van der Waals surface area contributed by atoms with Gasteiger partial charge in [-0.25, -0.2) is 0 Å². The van der Waals surface area contributed by atoms with Gasteiger partial charge in [-0.1, -0.05) is 6.92 Å². The molecule has 0 bridgehead atoms. The third-order valence-corrected chi connectivity index (χ3v) is 4.63. The van der Waals surface area contributed by atoms with E-state index in [1.165, 1.54) is 5.56 Å². The maximum absolute atomic E-state index is 11.0. The first-order valence-corrected chi connectivity index (χ1v) is 7.58. The summed E-state index contributed by atoms with van der Waals surface area (Å²) in [6, 6.07) is 5.64. The molecule has 2 aromatic rings. The summed E-state index contributed by atoms with van der Waals surface area (Å²) in [6.45, 7) is 7.58. The maximum Gasteiger partial charge on any atom is 0.271 e. The van der Waals surface area contributed by atoms with Crippen LogP contribution in [-0.4, -0.2) is 34.0 Å². The molecule has 0 radical (unpaired) electrons. The standard InChI is InChI=1S/C16H21N3O2/c1-3-17-8-6-13(7-9-17)18-11-12(2)15-5-4-14(19(20)21)10-16(15)18/h4-5,10-11,13H,3,6-9H2,1-2H3. The highest BCUT2D eigenvalue weighted by Crippen LogP contribution is 2.31. The van der Waals surface area contributed by atoms with Crippen molar-refractivity contribution in [2.45, 2.75) is 32.7 Å². The lowest BCUT2D eigenvalue weighted by atomic mass is 10.0. The highest BCUT2D eigenvalue weighted by atomic mass is 16.6. The van der Waals surface area contributed by atoms with E-state index < -0.39 is 0 Å². The molecule has 2 heterocycles. The number of fused-ring (bicyclic) bond motifs is 1. The number of non-ortho nitro benzene ring substituents is 1. The number of rotatable bonds is 3. The highest BCUT2D eigenvalue weighted by molar-refractivity contribution is 5.85. The van der Waals surface area contributed by atoms with Gasteiger partial charge < -0.3 is 9.47 Å². The molecule has 5 nitrogen and oxygen atoms in total. The molecule has 0 spiro atoms. The minimum Gasteiger partial charge on any atom is -0.344 e. The van der Waals surface area contributed by atoms with Gasteiger partial charge in [0, 0.05) is 42.8 Å². The number of nitro groups is 1. The zero-order chi connectivity index (χ0) is 15.0. The van der Waals surface area contributed by atoms with E-state index >= 15 is 0 Å². The number of hydrogen-bond donors (Lipinski definition) is 0. The van der Waals surface area contributed by atoms with Crippen molar-refractivity contribution < 1.29 is 4.92 Å². The molecule has 1 aromatic carbocycles. The molecule has 5 heteroatoms. The van der Waals surface area contributed by atoms with Crippen LogP contribution in [0.25, 0.3) is 10.9 Å². The second-order valence-corrected chi connectivity index (χ2v) is 5.84. The molecule has 112 valence electrons. The molecule has 1 aromatic heterocycles. The third-order valence-electron chi connectivity index (χ3n) is 4.63. The van der Waals surface area contributed by atoms with Crippen LogP contribution in [0.15, 0.2) is 24.4 Å². The number of aryl methyl sites for hydroxylation is 1. The molecule has 0 unspecified atom stereocenters. The van der Waals surface area contributed by atoms with E-state index in [9.17, 15) is 10.1 Å². The van der Waals surface area contributed by atoms with Crippen molar-refractivity contribution in [3.63, 3.8) is 0 Å². The van der Waals surface area contributed by atoms with Crippen molar-refractivity contribution >= 4 is 16.6 Å². The van der Waals surface area contributed by atoms with Crippen LogP contribution >= 0.6 is 0 Å². The van der Waals surface area contributed by atoms with E-state index in [-0.39, 0.29) is 10.6 Å². The third kappa shape index (κ3) is 2.53. The minimum absolute atomic E-state index is 0.174. The Bertz CT molecular complexity index is 669. The molecule has 0 amide bonds. The van der Waals surface area contributed by atoms with Crippen LogP contribution in [0, 0.1) is 17.0 Å². The van der Waals surface area contributed by atoms with Crippen LogP contribution in [0.5, 0.6) is 0 Å². The molecule has 0 N–H and O–H groups in total. The Hall–Kier alpha value is -1.88. The lowest BCUT2D eigenvalue weighted by Gasteiger charge is -2.32. The molecule has 1 aliphatic rings. The summed E-state index contributed by atoms with van der Waals surface area (Å²) in [4.78, 5) is 13.2. The van der Waals surface area contributed by atoms with Gasteiger partial charge in [-0.3, -0.25) is 10.1 Å². The number of benzene rings is 1. The second kappa shape index (κ2) is 5.48. The first kappa shape index (κ1) is 14.1. The topological polar surface area (TPSA) is 51.3 Å². The smallest absolute Gasteiger partial charge is 0.271 e. The molecule has 21 heavy (non-hydrogen) atoms. The van der Waals surface area contributed by atoms with Gasteiger partial charge in [0.05, 0.1) is 10.4 Å². The summed E-state index contributed by atoms with van der Waals surface area (Å²) in [5, 5.41) is 12.1. The zero-order valence-corrected chi connectivity index (χ0v) is 12.6. The second-order valence-electron chi connectivity index (χ2n) is 5.84. The maximum atomic E-state index is 11.0. The first-order valence-electron chi connectivity index (χ1n) is 7.58. The molecule has 3 rings (SSSR count). The van der Waals surface area contributed by atoms with Crippen molar-refractivity contribution in [2.24, 2.45) is 0 Å². The largest absolute Gasteiger partial charge is 0.344 e. The summed E-state index contributed by atoms with van der Waals surface area (Å²) in [5.74, 6) is 0. The van der Waals surface area contributed by atoms with Gasteiger partial charge in [-0.05, 0) is 37.9 Å². The van der Waals surface area contributed by atoms with Gasteiger partial charge in [-0.2, -0.15) is 0 Å². The van der Waals surface area contributed by atoms with E-state index in [4.69, 9.17) is 0 Å². The van der Waals surface area contributed by atoms with Crippen molar-refractivity contribution in [1.82, 2.24) is 9.47 Å². The summed E-state index contributed by atoms with van der Waals surface area (Å²) < 4.78 is 2.25. The molecule has 1 fully saturated rings. The summed E-state index contributed by atoms with van der Waals surface area (Å²) in [7, 11) is 0. The number of aromatic nitrogens is 1. The van der Waals surface area contributed by atoms with E-state index in [2.05, 4.69) is 29.5 Å². The Morgan fingerprint density at radius 2 is 2.05 bits per heavy atom. The van der Waals surface area contributed by atoms with Crippen LogP contribution in [0.2, 0.25) is 0 Å². The average Bonchev–Trinajstić information content (AvgIpc) is 2.84. The highest BCUT2D eigenvalue weighted by Gasteiger charge is 2.22. The predicted molar refractivity (Wildman–Crippen MR) is 83.7 cm³/mol. The van der Waals surface area contributed by atoms with Gasteiger partial charge in [0.1, 0.15) is 0 Å². The Morgan fingerprint density at radius 1 is 1.33 bits per heavy atom. The van der Waals surface area contributed by atoms with Crippen molar-refractivity contribution in [3.05, 3.63) is 40.1 Å².